The first-order chi connectivity index (χ1) is 13.2. The first-order valence-electron chi connectivity index (χ1n) is 8.88. The predicted octanol–water partition coefficient (Wildman–Crippen LogP) is 4.99. The summed E-state index contributed by atoms with van der Waals surface area (Å²) in [4.78, 5) is 38.7. The minimum Gasteiger partial charge on any atom is -0.325 e. The Balaban J connectivity index is 1.69. The van der Waals surface area contributed by atoms with Crippen LogP contribution in [0.25, 0.3) is 0 Å². The molecule has 0 bridgehead atoms. The van der Waals surface area contributed by atoms with Crippen molar-refractivity contribution in [2.24, 2.45) is 17.3 Å². The van der Waals surface area contributed by atoms with Gasteiger partial charge in [0.05, 0.1) is 17.2 Å². The van der Waals surface area contributed by atoms with Crippen LogP contribution in [-0.2, 0) is 4.79 Å². The second-order valence-corrected chi connectivity index (χ2v) is 8.71. The Hall–Kier alpha value is -2.43. The quantitative estimate of drug-likeness (QED) is 0.657. The van der Waals surface area contributed by atoms with Crippen LogP contribution in [0.3, 0.4) is 0 Å². The highest BCUT2D eigenvalue weighted by molar-refractivity contribution is 6.55. The molecule has 0 radical (unpaired) electrons. The number of fused-ring (bicyclic) bond motifs is 2. The molecule has 2 aliphatic carbocycles. The van der Waals surface area contributed by atoms with Crippen LogP contribution in [0.15, 0.2) is 53.0 Å². The first kappa shape index (κ1) is 18.9. The fraction of sp³-hybridized carbons (Fsp3) is 0.227. The van der Waals surface area contributed by atoms with Gasteiger partial charge in [0.2, 0.25) is 5.91 Å². The average Bonchev–Trinajstić information content (AvgIpc) is 3.18. The largest absolute Gasteiger partial charge is 0.325 e. The van der Waals surface area contributed by atoms with E-state index in [1.54, 1.807) is 48.5 Å². The van der Waals surface area contributed by atoms with E-state index in [1.807, 2.05) is 13.8 Å². The molecule has 142 valence electrons. The van der Waals surface area contributed by atoms with Gasteiger partial charge in [0.1, 0.15) is 4.49 Å². The highest BCUT2D eigenvalue weighted by atomic mass is 35.5. The van der Waals surface area contributed by atoms with Crippen molar-refractivity contribution in [3.63, 3.8) is 0 Å². The number of hydrogen-bond donors (Lipinski definition) is 1. The molecule has 6 heteroatoms. The number of ketones is 2. The third kappa shape index (κ3) is 2.88. The topological polar surface area (TPSA) is 63.2 Å². The maximum absolute atomic E-state index is 13.0. The zero-order chi connectivity index (χ0) is 20.2. The second-order valence-electron chi connectivity index (χ2n) is 7.70. The number of allylic oxidation sites excluding steroid dienone is 1. The summed E-state index contributed by atoms with van der Waals surface area (Å²) in [7, 11) is 0. The minimum absolute atomic E-state index is 0.0879. The summed E-state index contributed by atoms with van der Waals surface area (Å²) in [5.41, 5.74) is 1.33. The molecule has 0 saturated heterocycles. The van der Waals surface area contributed by atoms with Crippen LogP contribution in [0, 0.1) is 17.3 Å². The molecular formula is C22H17Cl2NO3. The van der Waals surface area contributed by atoms with Crippen molar-refractivity contribution in [2.45, 2.75) is 13.8 Å². The molecule has 2 aromatic carbocycles. The van der Waals surface area contributed by atoms with E-state index in [0.29, 0.717) is 22.4 Å². The third-order valence-corrected chi connectivity index (χ3v) is 5.96. The van der Waals surface area contributed by atoms with Gasteiger partial charge in [-0.1, -0.05) is 73.4 Å². The van der Waals surface area contributed by atoms with E-state index in [0.717, 1.165) is 0 Å². The van der Waals surface area contributed by atoms with Gasteiger partial charge in [-0.05, 0) is 23.5 Å². The molecule has 2 aliphatic rings. The van der Waals surface area contributed by atoms with Crippen molar-refractivity contribution in [2.75, 3.05) is 5.32 Å². The van der Waals surface area contributed by atoms with Crippen LogP contribution < -0.4 is 5.32 Å². The molecule has 0 spiro atoms. The van der Waals surface area contributed by atoms with E-state index >= 15 is 0 Å². The summed E-state index contributed by atoms with van der Waals surface area (Å²) in [6.07, 6.45) is 1.67. The summed E-state index contributed by atoms with van der Waals surface area (Å²) in [5.74, 6) is -1.12. The van der Waals surface area contributed by atoms with Crippen molar-refractivity contribution in [3.05, 3.63) is 75.3 Å². The Morgan fingerprint density at radius 3 is 2.21 bits per heavy atom. The number of carbonyl (C=O) groups is 3. The van der Waals surface area contributed by atoms with Gasteiger partial charge < -0.3 is 5.32 Å². The van der Waals surface area contributed by atoms with E-state index in [2.05, 4.69) is 5.32 Å². The second kappa shape index (κ2) is 6.57. The van der Waals surface area contributed by atoms with Crippen LogP contribution in [0.4, 0.5) is 5.69 Å². The number of benzene rings is 2. The molecule has 4 rings (SSSR count). The van der Waals surface area contributed by atoms with Crippen molar-refractivity contribution in [1.82, 2.24) is 0 Å². The van der Waals surface area contributed by atoms with Crippen molar-refractivity contribution >= 4 is 46.4 Å². The number of halogens is 2. The molecule has 1 N–H and O–H groups in total. The smallest absolute Gasteiger partial charge is 0.228 e. The van der Waals surface area contributed by atoms with E-state index in [1.165, 1.54) is 0 Å². The summed E-state index contributed by atoms with van der Waals surface area (Å²) >= 11 is 11.5. The number of nitrogens with one attached hydrogen (secondary N) is 1. The summed E-state index contributed by atoms with van der Waals surface area (Å²) in [6, 6.07) is 11.6. The highest BCUT2D eigenvalue weighted by Crippen LogP contribution is 2.60. The van der Waals surface area contributed by atoms with Gasteiger partial charge in [-0.2, -0.15) is 0 Å². The zero-order valence-corrected chi connectivity index (χ0v) is 16.8. The van der Waals surface area contributed by atoms with Crippen LogP contribution in [-0.4, -0.2) is 17.5 Å². The molecule has 4 nitrogen and oxygen atoms in total. The Bertz CT molecular complexity index is 1070. The fourth-order valence-corrected chi connectivity index (χ4v) is 4.36. The lowest BCUT2D eigenvalue weighted by molar-refractivity contribution is -0.118. The van der Waals surface area contributed by atoms with Gasteiger partial charge in [0, 0.05) is 16.7 Å². The molecule has 0 aliphatic heterocycles. The van der Waals surface area contributed by atoms with Crippen LogP contribution in [0.5, 0.6) is 0 Å². The molecule has 0 heterocycles. The lowest BCUT2D eigenvalue weighted by Crippen LogP contribution is -2.25. The lowest BCUT2D eigenvalue weighted by atomic mass is 9.83. The van der Waals surface area contributed by atoms with E-state index in [-0.39, 0.29) is 44.8 Å². The van der Waals surface area contributed by atoms with Crippen molar-refractivity contribution in [3.8, 4) is 0 Å². The normalized spacial score (nSPS) is 21.4. The highest BCUT2D eigenvalue weighted by Gasteiger charge is 2.60. The maximum atomic E-state index is 13.0. The molecule has 0 aromatic heterocycles. The van der Waals surface area contributed by atoms with E-state index in [4.69, 9.17) is 23.2 Å². The first-order valence-corrected chi connectivity index (χ1v) is 9.64. The molecule has 1 saturated carbocycles. The number of hydrogen-bond acceptors (Lipinski definition) is 3. The molecule has 28 heavy (non-hydrogen) atoms. The maximum Gasteiger partial charge on any atom is 0.228 e. The van der Waals surface area contributed by atoms with Gasteiger partial charge in [-0.3, -0.25) is 14.4 Å². The Morgan fingerprint density at radius 2 is 1.57 bits per heavy atom. The van der Waals surface area contributed by atoms with Gasteiger partial charge in [0.15, 0.2) is 11.6 Å². The van der Waals surface area contributed by atoms with Crippen molar-refractivity contribution < 1.29 is 14.4 Å². The summed E-state index contributed by atoms with van der Waals surface area (Å²) < 4.78 is 0.128. The van der Waals surface area contributed by atoms with Crippen LogP contribution >= 0.6 is 23.2 Å². The molecule has 2 aromatic rings. The molecule has 0 unspecified atom stereocenters. The molecule has 1 amide bonds. The number of carbonyl (C=O) groups excluding carboxylic acids is 3. The van der Waals surface area contributed by atoms with Crippen molar-refractivity contribution in [1.29, 1.82) is 0 Å². The minimum atomic E-state index is -0.322. The predicted molar refractivity (Wildman–Crippen MR) is 109 cm³/mol. The van der Waals surface area contributed by atoms with Gasteiger partial charge in [-0.15, -0.1) is 0 Å². The summed E-state index contributed by atoms with van der Waals surface area (Å²) in [5, 5.41) is 2.85. The van der Waals surface area contributed by atoms with Gasteiger partial charge >= 0.3 is 0 Å². The molecule has 2 atom stereocenters. The number of amides is 1. The average molecular weight is 414 g/mol. The summed E-state index contributed by atoms with van der Waals surface area (Å²) in [6.45, 7) is 3.92. The monoisotopic (exact) mass is 413 g/mol. The van der Waals surface area contributed by atoms with E-state index < -0.39 is 0 Å². The molecule has 1 fully saturated rings. The lowest BCUT2D eigenvalue weighted by Gasteiger charge is -2.20. The fourth-order valence-electron chi connectivity index (χ4n) is 4.08. The number of anilines is 1. The standard InChI is InChI=1S/C22H17Cl2NO3/c1-22(2)14(10-16(23)24)18(22)21(28)25-15-9-5-8-13-17(15)20(27)12-7-4-3-6-11(12)19(13)26/h3-10,14,18H,1-2H3,(H,25,28)/t14-,18-/m1/s1. The third-order valence-electron chi connectivity index (χ3n) is 5.71. The molecular weight excluding hydrogens is 397 g/mol. The number of rotatable bonds is 3. The Labute approximate surface area is 172 Å². The Morgan fingerprint density at radius 1 is 0.964 bits per heavy atom. The SMILES string of the molecule is CC1(C)[C@H](C=C(Cl)Cl)[C@@H]1C(=O)Nc1cccc2c1C(=O)c1ccccc1C2=O. The van der Waals surface area contributed by atoms with E-state index in [9.17, 15) is 14.4 Å². The Kier molecular flexibility index (Phi) is 4.44. The zero-order valence-electron chi connectivity index (χ0n) is 15.3. The van der Waals surface area contributed by atoms with Gasteiger partial charge in [-0.25, -0.2) is 0 Å². The van der Waals surface area contributed by atoms with Crippen LogP contribution in [0.2, 0.25) is 0 Å². The van der Waals surface area contributed by atoms with Gasteiger partial charge in [0.25, 0.3) is 0 Å². The van der Waals surface area contributed by atoms with Crippen LogP contribution in [0.1, 0.15) is 45.7 Å².